The Labute approximate surface area is 228 Å². The van der Waals surface area contributed by atoms with Crippen molar-refractivity contribution in [3.05, 3.63) is 53.2 Å². The van der Waals surface area contributed by atoms with Crippen LogP contribution in [0, 0.1) is 5.41 Å². The molecule has 3 heterocycles. The van der Waals surface area contributed by atoms with Gasteiger partial charge in [0.05, 0.1) is 5.41 Å². The molecule has 1 saturated carbocycles. The minimum atomic E-state index is -4.79. The number of halogens is 3. The molecule has 3 amide bonds. The number of hydrogen-bond donors (Lipinski definition) is 4. The maximum Gasteiger partial charge on any atom is 0.403 e. The number of pyridine rings is 1. The molecule has 6 rings (SSSR count). The molecule has 2 atom stereocenters. The van der Waals surface area contributed by atoms with Gasteiger partial charge < -0.3 is 26.0 Å². The lowest BCUT2D eigenvalue weighted by atomic mass is 9.66. The highest BCUT2D eigenvalue weighted by molar-refractivity contribution is 6.06. The SMILES string of the molecule is O=C(CN(C(=O)C1(C(F)(F)F)CCC1)[C@]1(O)CCCNC1)Nc1ccc2c(c1)C[C@@]1(C2)C(=O)Nc2ncccc21. The van der Waals surface area contributed by atoms with Crippen LogP contribution in [0.25, 0.3) is 0 Å². The summed E-state index contributed by atoms with van der Waals surface area (Å²) in [5.41, 5.74) is -2.28. The first-order valence-electron chi connectivity index (χ1n) is 13.5. The second kappa shape index (κ2) is 9.27. The van der Waals surface area contributed by atoms with Gasteiger partial charge in [0.1, 0.15) is 17.8 Å². The van der Waals surface area contributed by atoms with E-state index in [2.05, 4.69) is 20.9 Å². The van der Waals surface area contributed by atoms with Crippen LogP contribution in [0.4, 0.5) is 24.7 Å². The van der Waals surface area contributed by atoms with Crippen molar-refractivity contribution in [1.29, 1.82) is 0 Å². The molecule has 212 valence electrons. The fraction of sp³-hybridized carbons (Fsp3) is 0.500. The van der Waals surface area contributed by atoms with E-state index in [0.29, 0.717) is 37.3 Å². The lowest BCUT2D eigenvalue weighted by molar-refractivity contribution is -0.256. The zero-order valence-corrected chi connectivity index (χ0v) is 21.7. The van der Waals surface area contributed by atoms with Gasteiger partial charge in [0, 0.05) is 24.0 Å². The lowest BCUT2D eigenvalue weighted by Crippen LogP contribution is -2.67. The monoisotopic (exact) mass is 557 g/mol. The van der Waals surface area contributed by atoms with E-state index < -0.39 is 41.1 Å². The number of anilines is 2. The Morgan fingerprint density at radius 3 is 2.55 bits per heavy atom. The van der Waals surface area contributed by atoms with Gasteiger partial charge in [-0.15, -0.1) is 0 Å². The number of nitrogens with zero attached hydrogens (tertiary/aromatic N) is 2. The number of β-amino-alcohol motifs (C(OH)–C–C–N with tert-alkyl or cyclic N) is 1. The predicted octanol–water partition coefficient (Wildman–Crippen LogP) is 2.64. The van der Waals surface area contributed by atoms with E-state index >= 15 is 0 Å². The van der Waals surface area contributed by atoms with E-state index in [4.69, 9.17) is 0 Å². The number of piperidine rings is 1. The summed E-state index contributed by atoms with van der Waals surface area (Å²) in [6.07, 6.45) is -2.27. The Morgan fingerprint density at radius 2 is 1.88 bits per heavy atom. The van der Waals surface area contributed by atoms with Crippen LogP contribution in [0.3, 0.4) is 0 Å². The molecular weight excluding hydrogens is 527 g/mol. The molecule has 1 aromatic carbocycles. The highest BCUT2D eigenvalue weighted by Crippen LogP contribution is 2.55. The molecule has 0 radical (unpaired) electrons. The van der Waals surface area contributed by atoms with Gasteiger partial charge in [0.2, 0.25) is 17.7 Å². The fourth-order valence-electron chi connectivity index (χ4n) is 6.61. The first-order chi connectivity index (χ1) is 19.0. The van der Waals surface area contributed by atoms with Gasteiger partial charge in [-0.25, -0.2) is 4.98 Å². The second-order valence-electron chi connectivity index (χ2n) is 11.4. The largest absolute Gasteiger partial charge is 0.403 e. The lowest BCUT2D eigenvalue weighted by Gasteiger charge is -2.49. The number of alkyl halides is 3. The Morgan fingerprint density at radius 1 is 1.10 bits per heavy atom. The molecule has 1 spiro atoms. The van der Waals surface area contributed by atoms with Crippen molar-refractivity contribution < 1.29 is 32.7 Å². The summed E-state index contributed by atoms with van der Waals surface area (Å²) < 4.78 is 42.1. The van der Waals surface area contributed by atoms with Crippen LogP contribution in [0.5, 0.6) is 0 Å². The van der Waals surface area contributed by atoms with E-state index in [9.17, 15) is 32.7 Å². The number of benzene rings is 1. The van der Waals surface area contributed by atoms with Gasteiger partial charge in [0.25, 0.3) is 0 Å². The van der Waals surface area contributed by atoms with Gasteiger partial charge >= 0.3 is 6.18 Å². The molecule has 2 aliphatic heterocycles. The molecule has 0 unspecified atom stereocenters. The highest BCUT2D eigenvalue weighted by atomic mass is 19.4. The van der Waals surface area contributed by atoms with Gasteiger partial charge in [-0.1, -0.05) is 18.6 Å². The quantitative estimate of drug-likeness (QED) is 0.420. The van der Waals surface area contributed by atoms with Crippen LogP contribution >= 0.6 is 0 Å². The van der Waals surface area contributed by atoms with E-state index in [0.717, 1.165) is 21.6 Å². The van der Waals surface area contributed by atoms with Crippen molar-refractivity contribution in [2.24, 2.45) is 5.41 Å². The maximum absolute atomic E-state index is 14.0. The van der Waals surface area contributed by atoms with Crippen molar-refractivity contribution >= 4 is 29.2 Å². The summed E-state index contributed by atoms with van der Waals surface area (Å²) in [6, 6.07) is 8.89. The number of amides is 3. The Hall–Kier alpha value is -3.51. The van der Waals surface area contributed by atoms with Crippen molar-refractivity contribution in [3.8, 4) is 0 Å². The molecule has 2 aromatic rings. The molecule has 9 nitrogen and oxygen atoms in total. The smallest absolute Gasteiger partial charge is 0.369 e. The minimum Gasteiger partial charge on any atom is -0.369 e. The molecular formula is C28H30F3N5O4. The third-order valence-corrected chi connectivity index (χ3v) is 9.01. The average molecular weight is 558 g/mol. The number of carbonyl (C=O) groups is 3. The van der Waals surface area contributed by atoms with Crippen molar-refractivity contribution in [2.45, 2.75) is 62.3 Å². The zero-order valence-electron chi connectivity index (χ0n) is 21.7. The number of nitrogens with one attached hydrogen (secondary N) is 3. The standard InChI is InChI=1S/C28H30F3N5O4/c29-28(30,31)26(7-2-8-26)24(39)36(27(40)9-3-10-32-16-27)15-21(37)34-19-6-5-17-13-25(14-18(17)12-19)20-4-1-11-33-22(20)35-23(25)38/h1,4-6,11-12,32,40H,2-3,7-10,13-16H2,(H,34,37)(H,33,35,38)/t25-,27+/m1/s1. The van der Waals surface area contributed by atoms with E-state index in [1.165, 1.54) is 0 Å². The van der Waals surface area contributed by atoms with Crippen LogP contribution in [0.1, 0.15) is 48.8 Å². The normalized spacial score (nSPS) is 26.4. The van der Waals surface area contributed by atoms with Gasteiger partial charge in [0.15, 0.2) is 5.72 Å². The van der Waals surface area contributed by atoms with Crippen LogP contribution in [0.15, 0.2) is 36.5 Å². The van der Waals surface area contributed by atoms with Gasteiger partial charge in [-0.3, -0.25) is 14.4 Å². The van der Waals surface area contributed by atoms with Crippen LogP contribution in [-0.4, -0.2) is 64.2 Å². The predicted molar refractivity (Wildman–Crippen MR) is 138 cm³/mol. The van der Waals surface area contributed by atoms with Gasteiger partial charge in [-0.2, -0.15) is 13.2 Å². The van der Waals surface area contributed by atoms with Crippen LogP contribution in [0.2, 0.25) is 0 Å². The Kier molecular flexibility index (Phi) is 6.19. The number of rotatable bonds is 5. The number of hydrogen-bond acceptors (Lipinski definition) is 6. The Balaban J connectivity index is 1.22. The summed E-state index contributed by atoms with van der Waals surface area (Å²) in [5, 5.41) is 19.7. The van der Waals surface area contributed by atoms with Crippen LogP contribution < -0.4 is 16.0 Å². The minimum absolute atomic E-state index is 0.0618. The fourth-order valence-corrected chi connectivity index (χ4v) is 6.61. The van der Waals surface area contributed by atoms with Gasteiger partial charge in [-0.05, 0) is 74.4 Å². The number of carbonyl (C=O) groups excluding carboxylic acids is 3. The Bertz CT molecular complexity index is 1390. The third-order valence-electron chi connectivity index (χ3n) is 9.01. The third kappa shape index (κ3) is 4.07. The summed E-state index contributed by atoms with van der Waals surface area (Å²) in [5.74, 6) is -1.58. The molecule has 2 aliphatic carbocycles. The summed E-state index contributed by atoms with van der Waals surface area (Å²) >= 11 is 0. The van der Waals surface area contributed by atoms with E-state index in [-0.39, 0.29) is 38.1 Å². The molecule has 0 bridgehead atoms. The molecule has 4 N–H and O–H groups in total. The summed E-state index contributed by atoms with van der Waals surface area (Å²) in [6.45, 7) is -0.299. The molecule has 12 heteroatoms. The molecule has 1 saturated heterocycles. The number of aromatic nitrogens is 1. The van der Waals surface area contributed by atoms with Crippen molar-refractivity contribution in [1.82, 2.24) is 15.2 Å². The topological polar surface area (TPSA) is 124 Å². The first-order valence-corrected chi connectivity index (χ1v) is 13.5. The summed E-state index contributed by atoms with van der Waals surface area (Å²) in [7, 11) is 0. The highest BCUT2D eigenvalue weighted by Gasteiger charge is 2.66. The summed E-state index contributed by atoms with van der Waals surface area (Å²) in [4.78, 5) is 44.5. The number of fused-ring (bicyclic) bond motifs is 3. The second-order valence-corrected chi connectivity index (χ2v) is 11.4. The van der Waals surface area contributed by atoms with E-state index in [1.54, 1.807) is 24.4 Å². The van der Waals surface area contributed by atoms with Crippen LogP contribution in [-0.2, 0) is 32.6 Å². The van der Waals surface area contributed by atoms with E-state index in [1.807, 2.05) is 12.1 Å². The zero-order chi connectivity index (χ0) is 28.3. The van der Waals surface area contributed by atoms with Crippen molar-refractivity contribution in [3.63, 3.8) is 0 Å². The molecule has 1 aromatic heterocycles. The maximum atomic E-state index is 14.0. The van der Waals surface area contributed by atoms with Crippen molar-refractivity contribution in [2.75, 3.05) is 30.3 Å². The first kappa shape index (κ1) is 26.7. The molecule has 4 aliphatic rings. The molecule has 40 heavy (non-hydrogen) atoms. The average Bonchev–Trinajstić information content (AvgIpc) is 3.38. The number of aliphatic hydroxyl groups is 1. The molecule has 2 fully saturated rings.